The Kier molecular flexibility index (Phi) is 3.25. The molecule has 0 fully saturated rings. The first kappa shape index (κ1) is 11.1. The van der Waals surface area contributed by atoms with Crippen molar-refractivity contribution in [3.8, 4) is 0 Å². The fourth-order valence-corrected chi connectivity index (χ4v) is 1.77. The van der Waals surface area contributed by atoms with Crippen LogP contribution >= 0.6 is 0 Å². The van der Waals surface area contributed by atoms with Crippen molar-refractivity contribution in [2.24, 2.45) is 0 Å². The Labute approximate surface area is 96.3 Å². The topological polar surface area (TPSA) is 40.7 Å². The van der Waals surface area contributed by atoms with Crippen LogP contribution in [0.2, 0.25) is 0 Å². The normalized spacial score (nSPS) is 11.5. The van der Waals surface area contributed by atoms with E-state index in [0.29, 0.717) is 6.04 Å². The highest BCUT2D eigenvalue weighted by Crippen LogP contribution is 2.13. The molecule has 2 N–H and O–H groups in total. The van der Waals surface area contributed by atoms with E-state index in [0.717, 1.165) is 29.8 Å². The summed E-state index contributed by atoms with van der Waals surface area (Å²) in [7, 11) is 0. The van der Waals surface area contributed by atoms with E-state index >= 15 is 0 Å². The zero-order valence-electron chi connectivity index (χ0n) is 10.2. The lowest BCUT2D eigenvalue weighted by Crippen LogP contribution is -2.25. The van der Waals surface area contributed by atoms with Gasteiger partial charge in [0.25, 0.3) is 0 Å². The summed E-state index contributed by atoms with van der Waals surface area (Å²) in [5.41, 5.74) is 3.47. The van der Waals surface area contributed by atoms with Gasteiger partial charge in [-0.3, -0.25) is 0 Å². The molecule has 16 heavy (non-hydrogen) atoms. The molecule has 2 rings (SSSR count). The predicted octanol–water partition coefficient (Wildman–Crippen LogP) is 2.41. The zero-order valence-corrected chi connectivity index (χ0v) is 10.2. The van der Waals surface area contributed by atoms with Crippen LogP contribution in [0.1, 0.15) is 25.2 Å². The summed E-state index contributed by atoms with van der Waals surface area (Å²) in [6, 6.07) is 6.84. The number of imidazole rings is 1. The zero-order chi connectivity index (χ0) is 11.5. The van der Waals surface area contributed by atoms with Gasteiger partial charge in [-0.25, -0.2) is 4.98 Å². The molecular formula is C13H19N3. The second-order valence-corrected chi connectivity index (χ2v) is 4.56. The molecule has 1 heterocycles. The van der Waals surface area contributed by atoms with Crippen molar-refractivity contribution in [2.45, 2.75) is 33.2 Å². The third-order valence-corrected chi connectivity index (χ3v) is 2.60. The molecule has 0 saturated carbocycles. The molecule has 1 aromatic carbocycles. The predicted molar refractivity (Wildman–Crippen MR) is 67.7 cm³/mol. The average Bonchev–Trinajstić information content (AvgIpc) is 2.58. The highest BCUT2D eigenvalue weighted by molar-refractivity contribution is 5.75. The van der Waals surface area contributed by atoms with E-state index in [1.165, 1.54) is 5.56 Å². The van der Waals surface area contributed by atoms with E-state index in [9.17, 15) is 0 Å². The van der Waals surface area contributed by atoms with E-state index in [-0.39, 0.29) is 0 Å². The van der Waals surface area contributed by atoms with Gasteiger partial charge in [0.05, 0.1) is 11.0 Å². The van der Waals surface area contributed by atoms with Gasteiger partial charge in [-0.2, -0.15) is 0 Å². The molecule has 0 spiro atoms. The van der Waals surface area contributed by atoms with Crippen molar-refractivity contribution in [2.75, 3.05) is 6.54 Å². The molecular weight excluding hydrogens is 198 g/mol. The molecule has 86 valence electrons. The second kappa shape index (κ2) is 4.66. The monoisotopic (exact) mass is 217 g/mol. The summed E-state index contributed by atoms with van der Waals surface area (Å²) < 4.78 is 0. The van der Waals surface area contributed by atoms with Crippen molar-refractivity contribution in [1.29, 1.82) is 0 Å². The van der Waals surface area contributed by atoms with Gasteiger partial charge >= 0.3 is 0 Å². The summed E-state index contributed by atoms with van der Waals surface area (Å²) in [6.07, 6.45) is 0.950. The first-order valence-electron chi connectivity index (χ1n) is 5.84. The number of fused-ring (bicyclic) bond motifs is 1. The van der Waals surface area contributed by atoms with E-state index in [1.807, 2.05) is 0 Å². The lowest BCUT2D eigenvalue weighted by molar-refractivity contribution is 0.585. The lowest BCUT2D eigenvalue weighted by Gasteiger charge is -2.05. The number of H-pyrrole nitrogens is 1. The maximum absolute atomic E-state index is 4.56. The molecule has 0 atom stereocenters. The maximum atomic E-state index is 4.56. The summed E-state index contributed by atoms with van der Waals surface area (Å²) in [5, 5.41) is 3.39. The summed E-state index contributed by atoms with van der Waals surface area (Å²) in [4.78, 5) is 7.91. The molecule has 1 aromatic heterocycles. The molecule has 0 bridgehead atoms. The second-order valence-electron chi connectivity index (χ2n) is 4.56. The number of nitrogens with zero attached hydrogens (tertiary/aromatic N) is 1. The van der Waals surface area contributed by atoms with E-state index in [1.54, 1.807) is 0 Å². The van der Waals surface area contributed by atoms with Crippen molar-refractivity contribution in [3.63, 3.8) is 0 Å². The summed E-state index contributed by atoms with van der Waals surface area (Å²) >= 11 is 0. The number of rotatable bonds is 4. The summed E-state index contributed by atoms with van der Waals surface area (Å²) in [6.45, 7) is 7.38. The molecule has 3 nitrogen and oxygen atoms in total. The Balaban J connectivity index is 2.08. The molecule has 0 unspecified atom stereocenters. The average molecular weight is 217 g/mol. The highest BCUT2D eigenvalue weighted by atomic mass is 14.9. The van der Waals surface area contributed by atoms with Crippen LogP contribution in [0.4, 0.5) is 0 Å². The molecule has 0 amide bonds. The first-order chi connectivity index (χ1) is 7.65. The van der Waals surface area contributed by atoms with E-state index < -0.39 is 0 Å². The van der Waals surface area contributed by atoms with Gasteiger partial charge in [0.2, 0.25) is 0 Å². The molecule has 0 aliphatic carbocycles. The van der Waals surface area contributed by atoms with Crippen molar-refractivity contribution in [1.82, 2.24) is 15.3 Å². The Bertz CT molecular complexity index is 471. The van der Waals surface area contributed by atoms with E-state index in [4.69, 9.17) is 0 Å². The number of benzene rings is 1. The Hall–Kier alpha value is -1.35. The van der Waals surface area contributed by atoms with Gasteiger partial charge in [-0.15, -0.1) is 0 Å². The SMILES string of the molecule is Cc1ccc2nc(CCNC(C)C)[nH]c2c1. The van der Waals surface area contributed by atoms with Crippen LogP contribution in [-0.4, -0.2) is 22.6 Å². The number of hydrogen-bond acceptors (Lipinski definition) is 2. The number of nitrogens with one attached hydrogen (secondary N) is 2. The van der Waals surface area contributed by atoms with Crippen molar-refractivity contribution >= 4 is 11.0 Å². The molecule has 3 heteroatoms. The molecule has 0 saturated heterocycles. The van der Waals surface area contributed by atoms with Crippen LogP contribution in [0.15, 0.2) is 18.2 Å². The van der Waals surface area contributed by atoms with Crippen LogP contribution in [0, 0.1) is 6.92 Å². The Morgan fingerprint density at radius 1 is 1.38 bits per heavy atom. The van der Waals surface area contributed by atoms with Crippen LogP contribution < -0.4 is 5.32 Å². The minimum absolute atomic E-state index is 0.534. The van der Waals surface area contributed by atoms with Crippen molar-refractivity contribution < 1.29 is 0 Å². The highest BCUT2D eigenvalue weighted by Gasteiger charge is 2.02. The van der Waals surface area contributed by atoms with Crippen molar-refractivity contribution in [3.05, 3.63) is 29.6 Å². The smallest absolute Gasteiger partial charge is 0.108 e. The maximum Gasteiger partial charge on any atom is 0.108 e. The fourth-order valence-electron chi connectivity index (χ4n) is 1.77. The van der Waals surface area contributed by atoms with Gasteiger partial charge in [0.15, 0.2) is 0 Å². The van der Waals surface area contributed by atoms with Gasteiger partial charge < -0.3 is 10.3 Å². The quantitative estimate of drug-likeness (QED) is 0.825. The number of hydrogen-bond donors (Lipinski definition) is 2. The minimum Gasteiger partial charge on any atom is -0.342 e. The van der Waals surface area contributed by atoms with Gasteiger partial charge in [-0.1, -0.05) is 19.9 Å². The van der Waals surface area contributed by atoms with Gasteiger partial charge in [0, 0.05) is 19.0 Å². The third-order valence-electron chi connectivity index (χ3n) is 2.60. The Morgan fingerprint density at radius 3 is 2.94 bits per heavy atom. The molecule has 0 radical (unpaired) electrons. The Morgan fingerprint density at radius 2 is 2.19 bits per heavy atom. The third kappa shape index (κ3) is 2.61. The minimum atomic E-state index is 0.534. The number of aryl methyl sites for hydroxylation is 1. The van der Waals surface area contributed by atoms with Crippen LogP contribution in [-0.2, 0) is 6.42 Å². The molecule has 0 aliphatic rings. The fraction of sp³-hybridized carbons (Fsp3) is 0.462. The first-order valence-corrected chi connectivity index (χ1v) is 5.84. The van der Waals surface area contributed by atoms with Crippen LogP contribution in [0.25, 0.3) is 11.0 Å². The van der Waals surface area contributed by atoms with E-state index in [2.05, 4.69) is 54.3 Å². The molecule has 0 aliphatic heterocycles. The lowest BCUT2D eigenvalue weighted by atomic mass is 10.2. The number of aromatic nitrogens is 2. The summed E-state index contributed by atoms with van der Waals surface area (Å²) in [5.74, 6) is 1.06. The van der Waals surface area contributed by atoms with Gasteiger partial charge in [-0.05, 0) is 24.6 Å². The van der Waals surface area contributed by atoms with Gasteiger partial charge in [0.1, 0.15) is 5.82 Å². The molecule has 2 aromatic rings. The number of aromatic amines is 1. The largest absolute Gasteiger partial charge is 0.342 e. The van der Waals surface area contributed by atoms with Crippen LogP contribution in [0.5, 0.6) is 0 Å². The van der Waals surface area contributed by atoms with Crippen LogP contribution in [0.3, 0.4) is 0 Å². The standard InChI is InChI=1S/C13H19N3/c1-9(2)14-7-6-13-15-11-5-4-10(3)8-12(11)16-13/h4-5,8-9,14H,6-7H2,1-3H3,(H,15,16).